The molecule has 0 fully saturated rings. The zero-order valence-corrected chi connectivity index (χ0v) is 13.3. The summed E-state index contributed by atoms with van der Waals surface area (Å²) in [5.41, 5.74) is 6.39. The maximum Gasteiger partial charge on any atom is 0.161 e. The van der Waals surface area contributed by atoms with Crippen LogP contribution in [0.2, 0.25) is 0 Å². The smallest absolute Gasteiger partial charge is 0.161 e. The molecule has 1 aromatic carbocycles. The standard InChI is InChI=1S/C12H11BrFN3S2/c1-6-4-17-9(19-6)5-16-8-3-2-7(12(15)18)10(13)11(8)14/h2-4,16H,5H2,1H3,(H2,15,18). The van der Waals surface area contributed by atoms with Crippen LogP contribution in [0, 0.1) is 12.7 Å². The fraction of sp³-hybridized carbons (Fsp3) is 0.167. The van der Waals surface area contributed by atoms with Gasteiger partial charge in [0.2, 0.25) is 0 Å². The lowest BCUT2D eigenvalue weighted by Crippen LogP contribution is -2.12. The maximum absolute atomic E-state index is 14.1. The van der Waals surface area contributed by atoms with Crippen molar-refractivity contribution in [3.8, 4) is 0 Å². The van der Waals surface area contributed by atoms with Crippen LogP contribution in [0.3, 0.4) is 0 Å². The van der Waals surface area contributed by atoms with Crippen molar-refractivity contribution in [2.45, 2.75) is 13.5 Å². The van der Waals surface area contributed by atoms with Crippen LogP contribution in [0.15, 0.2) is 22.8 Å². The molecule has 1 heterocycles. The monoisotopic (exact) mass is 359 g/mol. The van der Waals surface area contributed by atoms with Crippen molar-refractivity contribution in [2.24, 2.45) is 5.73 Å². The number of nitrogens with zero attached hydrogens (tertiary/aromatic N) is 1. The molecule has 0 saturated heterocycles. The van der Waals surface area contributed by atoms with Crippen molar-refractivity contribution in [3.05, 3.63) is 44.1 Å². The Kier molecular flexibility index (Phi) is 4.49. The quantitative estimate of drug-likeness (QED) is 0.818. The van der Waals surface area contributed by atoms with Crippen LogP contribution in [0.1, 0.15) is 15.4 Å². The number of halogens is 2. The van der Waals surface area contributed by atoms with Crippen molar-refractivity contribution in [1.29, 1.82) is 0 Å². The number of hydrogen-bond donors (Lipinski definition) is 2. The molecule has 3 nitrogen and oxygen atoms in total. The van der Waals surface area contributed by atoms with Crippen LogP contribution in [-0.4, -0.2) is 9.97 Å². The molecule has 100 valence electrons. The summed E-state index contributed by atoms with van der Waals surface area (Å²) in [6, 6.07) is 3.31. The first-order valence-corrected chi connectivity index (χ1v) is 7.44. The Morgan fingerprint density at radius 3 is 2.89 bits per heavy atom. The molecule has 2 aromatic rings. The average molecular weight is 360 g/mol. The number of thiocarbonyl (C=S) groups is 1. The van der Waals surface area contributed by atoms with E-state index in [-0.39, 0.29) is 9.46 Å². The third-order valence-corrected chi connectivity index (χ3v) is 4.35. The number of hydrogen-bond acceptors (Lipinski definition) is 4. The van der Waals surface area contributed by atoms with Gasteiger partial charge in [-0.2, -0.15) is 0 Å². The van der Waals surface area contributed by atoms with Gasteiger partial charge in [0, 0.05) is 16.6 Å². The van der Waals surface area contributed by atoms with Crippen LogP contribution in [0.25, 0.3) is 0 Å². The molecule has 7 heteroatoms. The minimum atomic E-state index is -0.404. The largest absolute Gasteiger partial charge is 0.389 e. The predicted molar refractivity (Wildman–Crippen MR) is 84.2 cm³/mol. The van der Waals surface area contributed by atoms with Gasteiger partial charge < -0.3 is 11.1 Å². The van der Waals surface area contributed by atoms with Crippen LogP contribution in [0.4, 0.5) is 10.1 Å². The lowest BCUT2D eigenvalue weighted by molar-refractivity contribution is 0.623. The summed E-state index contributed by atoms with van der Waals surface area (Å²) in [7, 11) is 0. The third kappa shape index (κ3) is 3.29. The van der Waals surface area contributed by atoms with Gasteiger partial charge in [-0.1, -0.05) is 12.2 Å². The molecule has 0 spiro atoms. The van der Waals surface area contributed by atoms with E-state index >= 15 is 0 Å². The van der Waals surface area contributed by atoms with Gasteiger partial charge in [-0.3, -0.25) is 0 Å². The van der Waals surface area contributed by atoms with Gasteiger partial charge in [0.05, 0.1) is 16.7 Å². The summed E-state index contributed by atoms with van der Waals surface area (Å²) < 4.78 is 14.4. The van der Waals surface area contributed by atoms with E-state index < -0.39 is 5.82 Å². The van der Waals surface area contributed by atoms with E-state index in [1.54, 1.807) is 29.7 Å². The van der Waals surface area contributed by atoms with E-state index in [2.05, 4.69) is 26.2 Å². The maximum atomic E-state index is 14.1. The van der Waals surface area contributed by atoms with Gasteiger partial charge in [-0.25, -0.2) is 9.37 Å². The number of nitrogens with one attached hydrogen (secondary N) is 1. The summed E-state index contributed by atoms with van der Waals surface area (Å²) in [4.78, 5) is 5.50. The second-order valence-corrected chi connectivity index (χ2v) is 6.42. The molecule has 1 aromatic heterocycles. The summed E-state index contributed by atoms with van der Waals surface area (Å²) >= 11 is 9.59. The Morgan fingerprint density at radius 2 is 2.32 bits per heavy atom. The molecule has 0 aliphatic rings. The highest BCUT2D eigenvalue weighted by atomic mass is 79.9. The highest BCUT2D eigenvalue weighted by Gasteiger charge is 2.13. The van der Waals surface area contributed by atoms with Gasteiger partial charge in [0.25, 0.3) is 0 Å². The number of rotatable bonds is 4. The Bertz CT molecular complexity index is 627. The molecule has 3 N–H and O–H groups in total. The minimum Gasteiger partial charge on any atom is -0.389 e. The zero-order chi connectivity index (χ0) is 14.0. The minimum absolute atomic E-state index is 0.160. The third-order valence-electron chi connectivity index (χ3n) is 2.45. The van der Waals surface area contributed by atoms with Crippen LogP contribution >= 0.6 is 39.5 Å². The second-order valence-electron chi connectivity index (χ2n) is 3.87. The predicted octanol–water partition coefficient (Wildman–Crippen LogP) is 3.60. The van der Waals surface area contributed by atoms with E-state index in [9.17, 15) is 4.39 Å². The summed E-state index contributed by atoms with van der Waals surface area (Å²) in [6.45, 7) is 2.46. The molecular weight excluding hydrogens is 349 g/mol. The molecule has 2 rings (SSSR count). The van der Waals surface area contributed by atoms with Crippen LogP contribution < -0.4 is 11.1 Å². The first-order chi connectivity index (χ1) is 8.99. The number of nitrogens with two attached hydrogens (primary N) is 1. The molecule has 0 amide bonds. The molecule has 0 bridgehead atoms. The van der Waals surface area contributed by atoms with Gasteiger partial charge in [0.15, 0.2) is 5.82 Å². The molecule has 0 radical (unpaired) electrons. The number of benzene rings is 1. The fourth-order valence-electron chi connectivity index (χ4n) is 1.53. The van der Waals surface area contributed by atoms with Crippen molar-refractivity contribution >= 4 is 50.2 Å². The van der Waals surface area contributed by atoms with Crippen molar-refractivity contribution in [2.75, 3.05) is 5.32 Å². The Balaban J connectivity index is 2.17. The van der Waals surface area contributed by atoms with Crippen LogP contribution in [-0.2, 0) is 6.54 Å². The molecule has 0 unspecified atom stereocenters. The molecule has 0 aliphatic heterocycles. The van der Waals surface area contributed by atoms with E-state index in [1.165, 1.54) is 0 Å². The Morgan fingerprint density at radius 1 is 1.58 bits per heavy atom. The van der Waals surface area contributed by atoms with E-state index in [4.69, 9.17) is 18.0 Å². The van der Waals surface area contributed by atoms with Gasteiger partial charge in [-0.15, -0.1) is 11.3 Å². The van der Waals surface area contributed by atoms with Gasteiger partial charge >= 0.3 is 0 Å². The first kappa shape index (κ1) is 14.4. The Labute approximate surface area is 128 Å². The number of aryl methyl sites for hydroxylation is 1. The normalized spacial score (nSPS) is 10.5. The van der Waals surface area contributed by atoms with E-state index in [0.29, 0.717) is 17.8 Å². The number of thiazole rings is 1. The van der Waals surface area contributed by atoms with Crippen molar-refractivity contribution in [3.63, 3.8) is 0 Å². The summed E-state index contributed by atoms with van der Waals surface area (Å²) in [5.74, 6) is -0.404. The van der Waals surface area contributed by atoms with Gasteiger partial charge in [-0.05, 0) is 35.0 Å². The first-order valence-electron chi connectivity index (χ1n) is 5.42. The lowest BCUT2D eigenvalue weighted by atomic mass is 10.2. The topological polar surface area (TPSA) is 50.9 Å². The molecular formula is C12H11BrFN3S2. The summed E-state index contributed by atoms with van der Waals surface area (Å²) in [6.07, 6.45) is 1.80. The Hall–Kier alpha value is -1.05. The van der Waals surface area contributed by atoms with E-state index in [0.717, 1.165) is 9.88 Å². The van der Waals surface area contributed by atoms with Crippen molar-refractivity contribution in [1.82, 2.24) is 4.98 Å². The number of aromatic nitrogens is 1. The second kappa shape index (κ2) is 5.94. The average Bonchev–Trinajstić information content (AvgIpc) is 2.76. The SMILES string of the molecule is Cc1cnc(CNc2ccc(C(N)=S)c(Br)c2F)s1. The molecule has 0 atom stereocenters. The molecule has 19 heavy (non-hydrogen) atoms. The van der Waals surface area contributed by atoms with Gasteiger partial charge in [0.1, 0.15) is 10.00 Å². The number of anilines is 1. The zero-order valence-electron chi connectivity index (χ0n) is 10.0. The van der Waals surface area contributed by atoms with E-state index in [1.807, 2.05) is 6.92 Å². The highest BCUT2D eigenvalue weighted by Crippen LogP contribution is 2.27. The molecule has 0 saturated carbocycles. The fourth-order valence-corrected chi connectivity index (χ4v) is 3.12. The van der Waals surface area contributed by atoms with Crippen molar-refractivity contribution < 1.29 is 4.39 Å². The lowest BCUT2D eigenvalue weighted by Gasteiger charge is -2.10. The highest BCUT2D eigenvalue weighted by molar-refractivity contribution is 9.10. The summed E-state index contributed by atoms with van der Waals surface area (Å²) in [5, 5.41) is 3.92. The molecule has 0 aliphatic carbocycles. The van der Waals surface area contributed by atoms with Crippen LogP contribution in [0.5, 0.6) is 0 Å².